The second-order valence-corrected chi connectivity index (χ2v) is 7.95. The van der Waals surface area contributed by atoms with E-state index in [-0.39, 0.29) is 31.6 Å². The molecule has 1 aliphatic heterocycles. The lowest BCUT2D eigenvalue weighted by atomic mass is 10.2. The zero-order chi connectivity index (χ0) is 16.9. The van der Waals surface area contributed by atoms with Gasteiger partial charge in [0.2, 0.25) is 15.9 Å². The normalized spacial score (nSPS) is 18.3. The molecular formula is C15H21ClN2O4S. The first-order valence-electron chi connectivity index (χ1n) is 7.43. The predicted octanol–water partition coefficient (Wildman–Crippen LogP) is 1.40. The van der Waals surface area contributed by atoms with Gasteiger partial charge >= 0.3 is 0 Å². The standard InChI is InChI=1S/C15H21ClN2O4S/c1-23(20,21)18(10-13-6-4-8-22-13)11-15(19)17-9-12-5-2-3-7-14(12)16/h2-3,5,7,13H,4,6,8-11H2,1H3,(H,17,19). The minimum Gasteiger partial charge on any atom is -0.377 e. The number of nitrogens with one attached hydrogen (secondary N) is 1. The van der Waals surface area contributed by atoms with E-state index in [0.717, 1.165) is 29.0 Å². The summed E-state index contributed by atoms with van der Waals surface area (Å²) in [4.78, 5) is 12.1. The zero-order valence-electron chi connectivity index (χ0n) is 13.0. The van der Waals surface area contributed by atoms with Crippen LogP contribution in [0.5, 0.6) is 0 Å². The molecule has 0 aromatic heterocycles. The molecule has 1 atom stereocenters. The molecule has 8 heteroatoms. The second-order valence-electron chi connectivity index (χ2n) is 5.56. The SMILES string of the molecule is CS(=O)(=O)N(CC(=O)NCc1ccccc1Cl)CC1CCCO1. The molecule has 0 radical (unpaired) electrons. The maximum absolute atomic E-state index is 12.1. The van der Waals surface area contributed by atoms with Crippen LogP contribution in [0.2, 0.25) is 5.02 Å². The molecule has 1 aromatic carbocycles. The van der Waals surface area contributed by atoms with E-state index >= 15 is 0 Å². The van der Waals surface area contributed by atoms with Crippen molar-refractivity contribution in [2.45, 2.75) is 25.5 Å². The number of nitrogens with zero attached hydrogens (tertiary/aromatic N) is 1. The van der Waals surface area contributed by atoms with Gasteiger partial charge in [-0.25, -0.2) is 8.42 Å². The molecule has 1 aliphatic rings. The molecule has 0 saturated carbocycles. The quantitative estimate of drug-likeness (QED) is 0.797. The van der Waals surface area contributed by atoms with E-state index in [1.165, 1.54) is 0 Å². The third kappa shape index (κ3) is 5.76. The van der Waals surface area contributed by atoms with Crippen molar-refractivity contribution >= 4 is 27.5 Å². The lowest BCUT2D eigenvalue weighted by molar-refractivity contribution is -0.121. The maximum atomic E-state index is 12.1. The van der Waals surface area contributed by atoms with E-state index in [1.54, 1.807) is 12.1 Å². The Morgan fingerprint density at radius 2 is 2.17 bits per heavy atom. The molecule has 6 nitrogen and oxygen atoms in total. The highest BCUT2D eigenvalue weighted by Gasteiger charge is 2.26. The lowest BCUT2D eigenvalue weighted by Crippen LogP contribution is -2.43. The molecular weight excluding hydrogens is 340 g/mol. The number of carbonyl (C=O) groups excluding carboxylic acids is 1. The average Bonchev–Trinajstić information content (AvgIpc) is 2.98. The van der Waals surface area contributed by atoms with Crippen molar-refractivity contribution in [1.29, 1.82) is 0 Å². The van der Waals surface area contributed by atoms with E-state index in [0.29, 0.717) is 11.6 Å². The van der Waals surface area contributed by atoms with E-state index in [2.05, 4.69) is 5.32 Å². The first kappa shape index (κ1) is 18.2. The first-order valence-corrected chi connectivity index (χ1v) is 9.65. The summed E-state index contributed by atoms with van der Waals surface area (Å²) in [5, 5.41) is 3.26. The Morgan fingerprint density at radius 3 is 2.78 bits per heavy atom. The molecule has 1 heterocycles. The van der Waals surface area contributed by atoms with Crippen LogP contribution in [0.4, 0.5) is 0 Å². The van der Waals surface area contributed by atoms with Crippen molar-refractivity contribution < 1.29 is 17.9 Å². The number of carbonyl (C=O) groups is 1. The molecule has 2 rings (SSSR count). The zero-order valence-corrected chi connectivity index (χ0v) is 14.6. The number of halogens is 1. The Bertz CT molecular complexity index is 645. The third-order valence-corrected chi connectivity index (χ3v) is 5.24. The predicted molar refractivity (Wildman–Crippen MR) is 88.7 cm³/mol. The van der Waals surface area contributed by atoms with Gasteiger partial charge in [-0.15, -0.1) is 0 Å². The summed E-state index contributed by atoms with van der Waals surface area (Å²) < 4.78 is 30.3. The van der Waals surface area contributed by atoms with Crippen molar-refractivity contribution in [2.24, 2.45) is 0 Å². The number of ether oxygens (including phenoxy) is 1. The fourth-order valence-corrected chi connectivity index (χ4v) is 3.38. The fourth-order valence-electron chi connectivity index (χ4n) is 2.38. The summed E-state index contributed by atoms with van der Waals surface area (Å²) in [6.07, 6.45) is 2.69. The highest BCUT2D eigenvalue weighted by molar-refractivity contribution is 7.88. The highest BCUT2D eigenvalue weighted by atomic mass is 35.5. The van der Waals surface area contributed by atoms with Gasteiger partial charge in [0.05, 0.1) is 18.9 Å². The summed E-state index contributed by atoms with van der Waals surface area (Å²) in [6.45, 7) is 0.887. The summed E-state index contributed by atoms with van der Waals surface area (Å²) in [6, 6.07) is 7.18. The highest BCUT2D eigenvalue weighted by Crippen LogP contribution is 2.16. The Balaban J connectivity index is 1.90. The Labute approximate surface area is 141 Å². The monoisotopic (exact) mass is 360 g/mol. The van der Waals surface area contributed by atoms with Crippen LogP contribution in [0.25, 0.3) is 0 Å². The average molecular weight is 361 g/mol. The van der Waals surface area contributed by atoms with Crippen molar-refractivity contribution in [3.8, 4) is 0 Å². The largest absolute Gasteiger partial charge is 0.377 e. The minimum absolute atomic E-state index is 0.138. The topological polar surface area (TPSA) is 75.7 Å². The van der Waals surface area contributed by atoms with Crippen molar-refractivity contribution in [3.05, 3.63) is 34.9 Å². The maximum Gasteiger partial charge on any atom is 0.235 e. The van der Waals surface area contributed by atoms with Crippen LogP contribution in [0.3, 0.4) is 0 Å². The van der Waals surface area contributed by atoms with Crippen LogP contribution in [0, 0.1) is 0 Å². The van der Waals surface area contributed by atoms with Crippen molar-refractivity contribution in [2.75, 3.05) is 26.0 Å². The summed E-state index contributed by atoms with van der Waals surface area (Å²) in [5.74, 6) is -0.367. The molecule has 0 spiro atoms. The van der Waals surface area contributed by atoms with Crippen LogP contribution in [-0.2, 0) is 26.1 Å². The van der Waals surface area contributed by atoms with Gasteiger partial charge in [-0.05, 0) is 24.5 Å². The molecule has 0 aliphatic carbocycles. The van der Waals surface area contributed by atoms with Crippen LogP contribution in [-0.4, -0.2) is 50.7 Å². The van der Waals surface area contributed by atoms with Gasteiger partial charge in [-0.3, -0.25) is 4.79 Å². The Morgan fingerprint density at radius 1 is 1.43 bits per heavy atom. The Kier molecular flexibility index (Phi) is 6.41. The van der Waals surface area contributed by atoms with Crippen LogP contribution >= 0.6 is 11.6 Å². The van der Waals surface area contributed by atoms with E-state index < -0.39 is 10.0 Å². The number of hydrogen-bond donors (Lipinski definition) is 1. The van der Waals surface area contributed by atoms with Gasteiger partial charge in [0.1, 0.15) is 0 Å². The van der Waals surface area contributed by atoms with Crippen LogP contribution < -0.4 is 5.32 Å². The smallest absolute Gasteiger partial charge is 0.235 e. The number of amides is 1. The Hall–Kier alpha value is -1.15. The van der Waals surface area contributed by atoms with Gasteiger partial charge in [0, 0.05) is 24.7 Å². The summed E-state index contributed by atoms with van der Waals surface area (Å²) in [5.41, 5.74) is 0.785. The van der Waals surface area contributed by atoms with Gasteiger partial charge in [0.15, 0.2) is 0 Å². The first-order chi connectivity index (χ1) is 10.9. The lowest BCUT2D eigenvalue weighted by Gasteiger charge is -2.22. The third-order valence-electron chi connectivity index (χ3n) is 3.65. The van der Waals surface area contributed by atoms with Crippen LogP contribution in [0.15, 0.2) is 24.3 Å². The molecule has 1 N–H and O–H groups in total. The molecule has 1 fully saturated rings. The van der Waals surface area contributed by atoms with E-state index in [9.17, 15) is 13.2 Å². The van der Waals surface area contributed by atoms with Crippen LogP contribution in [0.1, 0.15) is 18.4 Å². The molecule has 1 amide bonds. The molecule has 1 aromatic rings. The number of rotatable bonds is 7. The molecule has 0 bridgehead atoms. The van der Waals surface area contributed by atoms with Crippen molar-refractivity contribution in [1.82, 2.24) is 9.62 Å². The fraction of sp³-hybridized carbons (Fsp3) is 0.533. The second kappa shape index (κ2) is 8.10. The molecule has 23 heavy (non-hydrogen) atoms. The van der Waals surface area contributed by atoms with E-state index in [4.69, 9.17) is 16.3 Å². The summed E-state index contributed by atoms with van der Waals surface area (Å²) in [7, 11) is -3.47. The number of hydrogen-bond acceptors (Lipinski definition) is 4. The van der Waals surface area contributed by atoms with Gasteiger partial charge in [0.25, 0.3) is 0 Å². The molecule has 1 unspecified atom stereocenters. The minimum atomic E-state index is -3.47. The molecule has 128 valence electrons. The van der Waals surface area contributed by atoms with Crippen molar-refractivity contribution in [3.63, 3.8) is 0 Å². The van der Waals surface area contributed by atoms with Gasteiger partial charge in [-0.1, -0.05) is 29.8 Å². The number of sulfonamides is 1. The van der Waals surface area contributed by atoms with Gasteiger partial charge < -0.3 is 10.1 Å². The summed E-state index contributed by atoms with van der Waals surface area (Å²) >= 11 is 6.03. The van der Waals surface area contributed by atoms with Gasteiger partial charge in [-0.2, -0.15) is 4.31 Å². The number of benzene rings is 1. The van der Waals surface area contributed by atoms with E-state index in [1.807, 2.05) is 12.1 Å². The molecule has 1 saturated heterocycles.